The van der Waals surface area contributed by atoms with Crippen LogP contribution in [0.5, 0.6) is 0 Å². The summed E-state index contributed by atoms with van der Waals surface area (Å²) >= 11 is 1.86. The molecule has 0 saturated carbocycles. The van der Waals surface area contributed by atoms with Crippen LogP contribution in [0.25, 0.3) is 80.5 Å². The van der Waals surface area contributed by atoms with E-state index in [1.54, 1.807) is 0 Å². The fraction of sp³-hybridized carbons (Fsp3) is 0. The molecule has 0 atom stereocenters. The Bertz CT molecular complexity index is 2370. The van der Waals surface area contributed by atoms with Crippen LogP contribution in [0.15, 0.2) is 114 Å². The molecule has 0 bridgehead atoms. The lowest BCUT2D eigenvalue weighted by Crippen LogP contribution is -1.93. The summed E-state index contributed by atoms with van der Waals surface area (Å²) in [4.78, 5) is 4.61. The molecule has 9 rings (SSSR count). The second-order valence-electron chi connectivity index (χ2n) is 9.62. The molecule has 3 nitrogen and oxygen atoms in total. The van der Waals surface area contributed by atoms with Crippen LogP contribution >= 0.6 is 11.3 Å². The third kappa shape index (κ3) is 2.57. The Morgan fingerprint density at radius 3 is 2.43 bits per heavy atom. The predicted octanol–water partition coefficient (Wildman–Crippen LogP) is 9.60. The van der Waals surface area contributed by atoms with Gasteiger partial charge in [-0.2, -0.15) is 0 Å². The zero-order valence-electron chi connectivity index (χ0n) is 19.6. The van der Waals surface area contributed by atoms with E-state index in [0.29, 0.717) is 0 Å². The number of benzene rings is 5. The summed E-state index contributed by atoms with van der Waals surface area (Å²) in [6.45, 7) is 0. The molecular formula is C33H18N2OS. The summed E-state index contributed by atoms with van der Waals surface area (Å²) in [5, 5.41) is 8.57. The standard InChI is InChI=1S/C33H18N2OS/c1-3-9-28-21(7-1)23-12-13-24-26-16-19-6-5-15-34-27(19)18-31(26)37-33(24)32(23)35(28)20-11-14-30-25(17-20)22-8-2-4-10-29(22)36-30/h1-18H. The van der Waals surface area contributed by atoms with Gasteiger partial charge in [0.1, 0.15) is 11.2 Å². The largest absolute Gasteiger partial charge is 0.456 e. The number of aromatic nitrogens is 2. The van der Waals surface area contributed by atoms with Gasteiger partial charge in [-0.3, -0.25) is 4.98 Å². The molecule has 37 heavy (non-hydrogen) atoms. The molecule has 5 aromatic carbocycles. The first-order chi connectivity index (χ1) is 18.3. The van der Waals surface area contributed by atoms with E-state index >= 15 is 0 Å². The number of fused-ring (bicyclic) bond motifs is 11. The van der Waals surface area contributed by atoms with Gasteiger partial charge in [0.25, 0.3) is 0 Å². The Balaban J connectivity index is 1.45. The maximum atomic E-state index is 6.13. The van der Waals surface area contributed by atoms with E-state index in [9.17, 15) is 0 Å². The lowest BCUT2D eigenvalue weighted by molar-refractivity contribution is 0.669. The molecule has 0 amide bonds. The van der Waals surface area contributed by atoms with Gasteiger partial charge in [0.15, 0.2) is 0 Å². The zero-order chi connectivity index (χ0) is 24.1. The summed E-state index contributed by atoms with van der Waals surface area (Å²) in [6.07, 6.45) is 1.87. The van der Waals surface area contributed by atoms with Crippen molar-refractivity contribution in [2.45, 2.75) is 0 Å². The highest BCUT2D eigenvalue weighted by Gasteiger charge is 2.19. The van der Waals surface area contributed by atoms with E-state index < -0.39 is 0 Å². The van der Waals surface area contributed by atoms with Crippen molar-refractivity contribution in [3.63, 3.8) is 0 Å². The second-order valence-corrected chi connectivity index (χ2v) is 10.7. The first kappa shape index (κ1) is 19.5. The van der Waals surface area contributed by atoms with Crippen molar-refractivity contribution in [3.8, 4) is 5.69 Å². The summed E-state index contributed by atoms with van der Waals surface area (Å²) in [5.41, 5.74) is 6.48. The first-order valence-electron chi connectivity index (χ1n) is 12.4. The molecule has 4 heterocycles. The fourth-order valence-corrected chi connectivity index (χ4v) is 7.23. The zero-order valence-corrected chi connectivity index (χ0v) is 20.4. The van der Waals surface area contributed by atoms with Crippen LogP contribution in [-0.4, -0.2) is 9.55 Å². The molecule has 0 radical (unpaired) electrons. The second kappa shape index (κ2) is 6.96. The minimum absolute atomic E-state index is 0.914. The number of furan rings is 1. The first-order valence-corrected chi connectivity index (χ1v) is 13.2. The molecule has 172 valence electrons. The Morgan fingerprint density at radius 2 is 1.46 bits per heavy atom. The number of para-hydroxylation sites is 2. The van der Waals surface area contributed by atoms with Crippen LogP contribution in [0, 0.1) is 0 Å². The van der Waals surface area contributed by atoms with Crippen molar-refractivity contribution in [1.82, 2.24) is 9.55 Å². The number of rotatable bonds is 1. The minimum atomic E-state index is 0.914. The lowest BCUT2D eigenvalue weighted by atomic mass is 10.1. The van der Waals surface area contributed by atoms with Crippen LogP contribution in [0.3, 0.4) is 0 Å². The summed E-state index contributed by atoms with van der Waals surface area (Å²) in [6, 6.07) is 36.8. The third-order valence-corrected chi connectivity index (χ3v) is 8.79. The molecule has 0 spiro atoms. The molecule has 9 aromatic rings. The number of nitrogens with zero attached hydrogens (tertiary/aromatic N) is 2. The van der Waals surface area contributed by atoms with Gasteiger partial charge in [0.05, 0.1) is 21.3 Å². The van der Waals surface area contributed by atoms with E-state index in [1.807, 2.05) is 35.7 Å². The van der Waals surface area contributed by atoms with Gasteiger partial charge in [-0.15, -0.1) is 11.3 Å². The van der Waals surface area contributed by atoms with Gasteiger partial charge in [-0.1, -0.05) is 54.6 Å². The van der Waals surface area contributed by atoms with E-state index in [2.05, 4.69) is 94.5 Å². The molecular weight excluding hydrogens is 472 g/mol. The van der Waals surface area contributed by atoms with Gasteiger partial charge in [0.2, 0.25) is 0 Å². The molecule has 4 heteroatoms. The van der Waals surface area contributed by atoms with Gasteiger partial charge in [-0.05, 0) is 48.5 Å². The van der Waals surface area contributed by atoms with Crippen LogP contribution in [0.1, 0.15) is 0 Å². The monoisotopic (exact) mass is 490 g/mol. The normalized spacial score (nSPS) is 12.3. The molecule has 0 aliphatic carbocycles. The molecule has 0 unspecified atom stereocenters. The average molecular weight is 491 g/mol. The number of thiophene rings is 1. The van der Waals surface area contributed by atoms with Crippen molar-refractivity contribution in [2.24, 2.45) is 0 Å². The van der Waals surface area contributed by atoms with E-state index in [-0.39, 0.29) is 0 Å². The number of pyridine rings is 1. The summed E-state index contributed by atoms with van der Waals surface area (Å²) in [7, 11) is 0. The molecule has 4 aromatic heterocycles. The van der Waals surface area contributed by atoms with Crippen molar-refractivity contribution in [3.05, 3.63) is 109 Å². The van der Waals surface area contributed by atoms with E-state index in [1.165, 1.54) is 47.4 Å². The van der Waals surface area contributed by atoms with E-state index in [4.69, 9.17) is 4.42 Å². The number of hydrogen-bond donors (Lipinski definition) is 0. The highest BCUT2D eigenvalue weighted by atomic mass is 32.1. The van der Waals surface area contributed by atoms with Gasteiger partial charge >= 0.3 is 0 Å². The quantitative estimate of drug-likeness (QED) is 0.229. The molecule has 0 saturated heterocycles. The summed E-state index contributed by atoms with van der Waals surface area (Å²) in [5.74, 6) is 0. The maximum absolute atomic E-state index is 6.13. The smallest absolute Gasteiger partial charge is 0.135 e. The van der Waals surface area contributed by atoms with E-state index in [0.717, 1.165) is 33.1 Å². The Kier molecular flexibility index (Phi) is 3.67. The molecule has 0 fully saturated rings. The van der Waals surface area contributed by atoms with Crippen LogP contribution in [0.4, 0.5) is 0 Å². The molecule has 0 aliphatic heterocycles. The van der Waals surface area contributed by atoms with Crippen LogP contribution in [-0.2, 0) is 0 Å². The van der Waals surface area contributed by atoms with Crippen molar-refractivity contribution < 1.29 is 4.42 Å². The highest BCUT2D eigenvalue weighted by molar-refractivity contribution is 7.26. The Morgan fingerprint density at radius 1 is 0.622 bits per heavy atom. The van der Waals surface area contributed by atoms with Crippen molar-refractivity contribution in [1.29, 1.82) is 0 Å². The SMILES string of the molecule is c1cnc2cc3sc4c(ccc5c6ccccc6n(-c6ccc7oc8ccccc8c7c6)c54)c3cc2c1. The minimum Gasteiger partial charge on any atom is -0.456 e. The predicted molar refractivity (Wildman–Crippen MR) is 156 cm³/mol. The van der Waals surface area contributed by atoms with Crippen LogP contribution < -0.4 is 0 Å². The average Bonchev–Trinajstić information content (AvgIpc) is 3.60. The molecule has 0 N–H and O–H groups in total. The lowest BCUT2D eigenvalue weighted by Gasteiger charge is -2.09. The van der Waals surface area contributed by atoms with Crippen LogP contribution in [0.2, 0.25) is 0 Å². The number of hydrogen-bond acceptors (Lipinski definition) is 3. The fourth-order valence-electron chi connectivity index (χ4n) is 5.97. The highest BCUT2D eigenvalue weighted by Crippen LogP contribution is 2.44. The van der Waals surface area contributed by atoms with Crippen molar-refractivity contribution >= 4 is 86.2 Å². The third-order valence-electron chi connectivity index (χ3n) is 7.62. The van der Waals surface area contributed by atoms with Gasteiger partial charge in [-0.25, -0.2) is 0 Å². The summed E-state index contributed by atoms with van der Waals surface area (Å²) < 4.78 is 11.1. The van der Waals surface area contributed by atoms with Gasteiger partial charge in [0, 0.05) is 54.3 Å². The van der Waals surface area contributed by atoms with Gasteiger partial charge < -0.3 is 8.98 Å². The maximum Gasteiger partial charge on any atom is 0.135 e. The Hall–Kier alpha value is -4.67. The molecule has 0 aliphatic rings. The van der Waals surface area contributed by atoms with Crippen molar-refractivity contribution in [2.75, 3.05) is 0 Å². The topological polar surface area (TPSA) is 31.0 Å². The Labute approximate surface area is 214 Å².